The number of β-amino-alcohol motifs (C(OH)–C–C–N with tert-alkyl or cyclic N) is 1. The summed E-state index contributed by atoms with van der Waals surface area (Å²) in [5.41, 5.74) is 0.174. The number of fused-ring (bicyclic) bond motifs is 5. The van der Waals surface area contributed by atoms with Gasteiger partial charge in [-0.05, 0) is 69.1 Å². The van der Waals surface area contributed by atoms with E-state index in [-0.39, 0.29) is 17.1 Å². The molecule has 4 fully saturated rings. The largest absolute Gasteiger partial charge is 0.392 e. The van der Waals surface area contributed by atoms with Crippen LogP contribution < -0.4 is 5.32 Å². The summed E-state index contributed by atoms with van der Waals surface area (Å²) in [5.74, 6) is 3.19. The highest BCUT2D eigenvalue weighted by molar-refractivity contribution is 5.87. The van der Waals surface area contributed by atoms with Gasteiger partial charge in [-0.2, -0.15) is 0 Å². The number of hydrogen-bond donors (Lipinski definition) is 2. The second kappa shape index (κ2) is 4.55. The van der Waals surface area contributed by atoms with Crippen LogP contribution in [-0.2, 0) is 4.79 Å². The van der Waals surface area contributed by atoms with Gasteiger partial charge in [-0.3, -0.25) is 4.79 Å². The van der Waals surface area contributed by atoms with Gasteiger partial charge < -0.3 is 10.4 Å². The normalized spacial score (nSPS) is 56.5. The number of hydrogen-bond acceptors (Lipinski definition) is 3. The summed E-state index contributed by atoms with van der Waals surface area (Å²) in [6.07, 6.45) is 7.52. The van der Waals surface area contributed by atoms with Crippen LogP contribution >= 0.6 is 0 Å². The van der Waals surface area contributed by atoms with Gasteiger partial charge in [0.15, 0.2) is 0 Å². The molecule has 1 unspecified atom stereocenters. The molecule has 3 aliphatic carbocycles. The van der Waals surface area contributed by atoms with Crippen LogP contribution in [0.25, 0.3) is 0 Å². The van der Waals surface area contributed by atoms with Crippen molar-refractivity contribution in [1.82, 2.24) is 5.32 Å². The third-order valence-corrected chi connectivity index (χ3v) is 7.89. The van der Waals surface area contributed by atoms with Crippen LogP contribution in [0.1, 0.15) is 58.8 Å². The Balaban J connectivity index is 1.64. The molecule has 0 radical (unpaired) electrons. The molecule has 0 aromatic heterocycles. The van der Waals surface area contributed by atoms with Gasteiger partial charge in [0.25, 0.3) is 0 Å². The van der Waals surface area contributed by atoms with E-state index in [1.165, 1.54) is 19.3 Å². The van der Waals surface area contributed by atoms with E-state index in [1.54, 1.807) is 0 Å². The number of nitrogens with one attached hydrogen (secondary N) is 1. The molecule has 0 aromatic rings. The Morgan fingerprint density at radius 3 is 2.76 bits per heavy atom. The van der Waals surface area contributed by atoms with E-state index in [0.29, 0.717) is 23.5 Å². The zero-order valence-electron chi connectivity index (χ0n) is 13.4. The standard InChI is InChI=1S/C18H29NO2/c1-17-8-7-15-13(14(17)5-6-16(17)21)4-3-11-9-12(20)10-19-18(11,15)2/h11-15,19-20H,3-10H2,1-2H3/t11?,12-,13-,14-,15-,17-,18-/m0/s1. The first-order chi connectivity index (χ1) is 9.95. The van der Waals surface area contributed by atoms with Crippen LogP contribution in [-0.4, -0.2) is 29.1 Å². The van der Waals surface area contributed by atoms with Crippen LogP contribution in [0, 0.1) is 29.1 Å². The van der Waals surface area contributed by atoms with Crippen molar-refractivity contribution >= 4 is 5.78 Å². The summed E-state index contributed by atoms with van der Waals surface area (Å²) < 4.78 is 0. The van der Waals surface area contributed by atoms with Crippen LogP contribution in [0.3, 0.4) is 0 Å². The smallest absolute Gasteiger partial charge is 0.139 e. The average Bonchev–Trinajstić information content (AvgIpc) is 2.76. The second-order valence-electron chi connectivity index (χ2n) is 8.62. The van der Waals surface area contributed by atoms with E-state index in [4.69, 9.17) is 0 Å². The number of carbonyl (C=O) groups is 1. The summed E-state index contributed by atoms with van der Waals surface area (Å²) in [6, 6.07) is 0. The van der Waals surface area contributed by atoms with Crippen molar-refractivity contribution in [1.29, 1.82) is 0 Å². The van der Waals surface area contributed by atoms with Crippen molar-refractivity contribution < 1.29 is 9.90 Å². The molecule has 0 bridgehead atoms. The lowest BCUT2D eigenvalue weighted by atomic mass is 9.49. The fourth-order valence-electron chi connectivity index (χ4n) is 6.59. The molecule has 0 amide bonds. The third-order valence-electron chi connectivity index (χ3n) is 7.89. The van der Waals surface area contributed by atoms with E-state index in [1.807, 2.05) is 0 Å². The Morgan fingerprint density at radius 2 is 1.95 bits per heavy atom. The van der Waals surface area contributed by atoms with Gasteiger partial charge in [-0.15, -0.1) is 0 Å². The quantitative estimate of drug-likeness (QED) is 0.721. The molecular weight excluding hydrogens is 262 g/mol. The zero-order chi connectivity index (χ0) is 14.8. The lowest BCUT2D eigenvalue weighted by molar-refractivity contribution is -0.135. The number of piperidine rings is 1. The number of carbonyl (C=O) groups excluding carboxylic acids is 1. The van der Waals surface area contributed by atoms with Gasteiger partial charge >= 0.3 is 0 Å². The topological polar surface area (TPSA) is 49.3 Å². The maximum atomic E-state index is 12.4. The van der Waals surface area contributed by atoms with Crippen molar-refractivity contribution in [2.45, 2.75) is 70.4 Å². The molecule has 4 rings (SSSR count). The average molecular weight is 291 g/mol. The minimum absolute atomic E-state index is 0.0153. The number of Topliss-reactive ketones (excluding diaryl/α,β-unsaturated/α-hetero) is 1. The van der Waals surface area contributed by atoms with Crippen molar-refractivity contribution in [3.05, 3.63) is 0 Å². The molecule has 21 heavy (non-hydrogen) atoms. The molecule has 7 atom stereocenters. The molecule has 118 valence electrons. The summed E-state index contributed by atoms with van der Waals surface area (Å²) >= 11 is 0. The van der Waals surface area contributed by atoms with Crippen molar-refractivity contribution in [3.8, 4) is 0 Å². The Morgan fingerprint density at radius 1 is 1.14 bits per heavy atom. The molecule has 0 spiro atoms. The van der Waals surface area contributed by atoms with Crippen molar-refractivity contribution in [3.63, 3.8) is 0 Å². The van der Waals surface area contributed by atoms with Crippen LogP contribution in [0.4, 0.5) is 0 Å². The summed E-state index contributed by atoms with van der Waals surface area (Å²) in [6.45, 7) is 5.40. The van der Waals surface area contributed by atoms with Gasteiger partial charge in [0.1, 0.15) is 5.78 Å². The Bertz CT molecular complexity index is 464. The molecule has 3 nitrogen and oxygen atoms in total. The highest BCUT2D eigenvalue weighted by Gasteiger charge is 2.60. The molecular formula is C18H29NO2. The zero-order valence-corrected chi connectivity index (χ0v) is 13.4. The minimum atomic E-state index is -0.165. The van der Waals surface area contributed by atoms with Gasteiger partial charge in [0.05, 0.1) is 6.10 Å². The monoisotopic (exact) mass is 291 g/mol. The van der Waals surface area contributed by atoms with Crippen LogP contribution in [0.15, 0.2) is 0 Å². The minimum Gasteiger partial charge on any atom is -0.392 e. The van der Waals surface area contributed by atoms with E-state index >= 15 is 0 Å². The fraction of sp³-hybridized carbons (Fsp3) is 0.944. The predicted molar refractivity (Wildman–Crippen MR) is 81.8 cm³/mol. The molecule has 1 saturated heterocycles. The lowest BCUT2D eigenvalue weighted by Crippen LogP contribution is -2.66. The molecule has 2 N–H and O–H groups in total. The fourth-order valence-corrected chi connectivity index (χ4v) is 6.59. The van der Waals surface area contributed by atoms with Crippen molar-refractivity contribution in [2.75, 3.05) is 6.54 Å². The second-order valence-corrected chi connectivity index (χ2v) is 8.62. The third kappa shape index (κ3) is 1.83. The number of aliphatic hydroxyl groups excluding tert-OH is 1. The highest BCUT2D eigenvalue weighted by Crippen LogP contribution is 2.61. The van der Waals surface area contributed by atoms with Gasteiger partial charge in [0.2, 0.25) is 0 Å². The van der Waals surface area contributed by atoms with E-state index in [2.05, 4.69) is 19.2 Å². The highest BCUT2D eigenvalue weighted by atomic mass is 16.3. The molecule has 1 heterocycles. The Kier molecular flexibility index (Phi) is 3.07. The van der Waals surface area contributed by atoms with Gasteiger partial charge in [0, 0.05) is 23.9 Å². The van der Waals surface area contributed by atoms with Crippen LogP contribution in [0.5, 0.6) is 0 Å². The lowest BCUT2D eigenvalue weighted by Gasteiger charge is -2.60. The summed E-state index contributed by atoms with van der Waals surface area (Å²) in [5, 5.41) is 13.7. The first kappa shape index (κ1) is 14.2. The number of ketones is 1. The van der Waals surface area contributed by atoms with E-state index in [0.717, 1.165) is 38.1 Å². The van der Waals surface area contributed by atoms with E-state index in [9.17, 15) is 9.90 Å². The molecule has 4 aliphatic rings. The molecule has 0 aromatic carbocycles. The number of rotatable bonds is 0. The predicted octanol–water partition coefficient (Wildman–Crippen LogP) is 2.52. The maximum Gasteiger partial charge on any atom is 0.139 e. The summed E-state index contributed by atoms with van der Waals surface area (Å²) in [7, 11) is 0. The summed E-state index contributed by atoms with van der Waals surface area (Å²) in [4.78, 5) is 12.4. The Labute approximate surface area is 127 Å². The van der Waals surface area contributed by atoms with E-state index < -0.39 is 0 Å². The first-order valence-corrected chi connectivity index (χ1v) is 8.91. The molecule has 3 saturated carbocycles. The van der Waals surface area contributed by atoms with Crippen molar-refractivity contribution in [2.24, 2.45) is 29.1 Å². The Hall–Kier alpha value is -0.410. The van der Waals surface area contributed by atoms with Gasteiger partial charge in [-0.1, -0.05) is 6.92 Å². The molecule has 1 aliphatic heterocycles. The van der Waals surface area contributed by atoms with Gasteiger partial charge in [-0.25, -0.2) is 0 Å². The number of aliphatic hydroxyl groups is 1. The SMILES string of the molecule is C[C@]12NC[C@@H](O)CC1CC[C@@H]1[C@@H]2CC[C@]2(C)C(=O)CC[C@@H]12. The first-order valence-electron chi connectivity index (χ1n) is 8.91. The molecule has 3 heteroatoms. The van der Waals surface area contributed by atoms with Crippen LogP contribution in [0.2, 0.25) is 0 Å². The maximum absolute atomic E-state index is 12.4.